The van der Waals surface area contributed by atoms with Crippen LogP contribution in [0.5, 0.6) is 0 Å². The van der Waals surface area contributed by atoms with Crippen molar-refractivity contribution in [2.75, 3.05) is 19.7 Å². The number of hydrogen-bond donors (Lipinski definition) is 1. The van der Waals surface area contributed by atoms with Crippen LogP contribution in [-0.4, -0.2) is 35.6 Å². The topological polar surface area (TPSA) is 40.5 Å². The molecule has 2 heterocycles. The van der Waals surface area contributed by atoms with Gasteiger partial charge in [-0.3, -0.25) is 4.79 Å². The molecule has 2 rings (SSSR count). The Balaban J connectivity index is 2.06. The zero-order chi connectivity index (χ0) is 13.1. The summed E-state index contributed by atoms with van der Waals surface area (Å²) in [6.07, 6.45) is 1.84. The second-order valence-electron chi connectivity index (χ2n) is 5.28. The summed E-state index contributed by atoms with van der Waals surface area (Å²) in [5.41, 5.74) is 1.16. The molecule has 0 aliphatic carbocycles. The van der Waals surface area contributed by atoms with Gasteiger partial charge in [-0.2, -0.15) is 0 Å². The summed E-state index contributed by atoms with van der Waals surface area (Å²) in [5.74, 6) is 0.942. The van der Waals surface area contributed by atoms with E-state index in [0.29, 0.717) is 11.8 Å². The lowest BCUT2D eigenvalue weighted by Crippen LogP contribution is -2.39. The van der Waals surface area contributed by atoms with Gasteiger partial charge in [0.15, 0.2) is 0 Å². The van der Waals surface area contributed by atoms with E-state index in [1.807, 2.05) is 10.3 Å². The number of piperidine rings is 1. The van der Waals surface area contributed by atoms with Crippen LogP contribution in [0.3, 0.4) is 0 Å². The van der Waals surface area contributed by atoms with Gasteiger partial charge < -0.3 is 10.0 Å². The third-order valence-electron chi connectivity index (χ3n) is 3.67. The molecule has 18 heavy (non-hydrogen) atoms. The molecule has 0 unspecified atom stereocenters. The van der Waals surface area contributed by atoms with Gasteiger partial charge in [-0.25, -0.2) is 0 Å². The average molecular weight is 267 g/mol. The fourth-order valence-corrected chi connectivity index (χ4v) is 3.43. The Kier molecular flexibility index (Phi) is 4.40. The molecular formula is C14H21NO2S. The van der Waals surface area contributed by atoms with E-state index in [1.54, 1.807) is 11.3 Å². The van der Waals surface area contributed by atoms with Crippen molar-refractivity contribution < 1.29 is 9.90 Å². The minimum atomic E-state index is 0.171. The molecular weight excluding hydrogens is 246 g/mol. The van der Waals surface area contributed by atoms with E-state index in [2.05, 4.69) is 19.9 Å². The van der Waals surface area contributed by atoms with Gasteiger partial charge >= 0.3 is 0 Å². The standard InChI is InChI=1S/C14H21NO2S/c1-10(2)12-5-8-18-13(12)14(17)15-6-3-11(9-16)4-7-15/h5,8,10-11,16H,3-4,6-7,9H2,1-2H3. The molecule has 1 aromatic heterocycles. The minimum absolute atomic E-state index is 0.171. The predicted molar refractivity (Wildman–Crippen MR) is 74.1 cm³/mol. The van der Waals surface area contributed by atoms with Crippen molar-refractivity contribution in [3.8, 4) is 0 Å². The Labute approximate surface area is 112 Å². The van der Waals surface area contributed by atoms with Gasteiger partial charge in [-0.05, 0) is 41.7 Å². The number of carbonyl (C=O) groups is 1. The summed E-state index contributed by atoms with van der Waals surface area (Å²) in [7, 11) is 0. The van der Waals surface area contributed by atoms with Crippen molar-refractivity contribution in [1.82, 2.24) is 4.90 Å². The third kappa shape index (κ3) is 2.75. The molecule has 1 aliphatic heterocycles. The molecule has 4 heteroatoms. The molecule has 0 atom stereocenters. The van der Waals surface area contributed by atoms with Crippen molar-refractivity contribution in [3.63, 3.8) is 0 Å². The summed E-state index contributed by atoms with van der Waals surface area (Å²) in [4.78, 5) is 15.3. The van der Waals surface area contributed by atoms with Crippen LogP contribution < -0.4 is 0 Å². The number of nitrogens with zero attached hydrogens (tertiary/aromatic N) is 1. The Morgan fingerprint density at radius 1 is 1.50 bits per heavy atom. The van der Waals surface area contributed by atoms with E-state index >= 15 is 0 Å². The monoisotopic (exact) mass is 267 g/mol. The van der Waals surface area contributed by atoms with Crippen LogP contribution >= 0.6 is 11.3 Å². The molecule has 0 saturated carbocycles. The lowest BCUT2D eigenvalue weighted by Gasteiger charge is -2.31. The molecule has 0 spiro atoms. The highest BCUT2D eigenvalue weighted by Crippen LogP contribution is 2.27. The van der Waals surface area contributed by atoms with Crippen LogP contribution in [0, 0.1) is 5.92 Å². The number of aliphatic hydroxyl groups excluding tert-OH is 1. The molecule has 1 aliphatic rings. The second-order valence-corrected chi connectivity index (χ2v) is 6.19. The number of thiophene rings is 1. The first-order valence-corrected chi connectivity index (χ1v) is 7.49. The maximum absolute atomic E-state index is 12.5. The van der Waals surface area contributed by atoms with Gasteiger partial charge in [0, 0.05) is 19.7 Å². The number of likely N-dealkylation sites (tertiary alicyclic amines) is 1. The van der Waals surface area contributed by atoms with Crippen molar-refractivity contribution in [1.29, 1.82) is 0 Å². The fraction of sp³-hybridized carbons (Fsp3) is 0.643. The highest BCUT2D eigenvalue weighted by atomic mass is 32.1. The Morgan fingerprint density at radius 3 is 2.72 bits per heavy atom. The summed E-state index contributed by atoms with van der Waals surface area (Å²) >= 11 is 1.55. The van der Waals surface area contributed by atoms with Crippen molar-refractivity contribution in [2.24, 2.45) is 5.92 Å². The van der Waals surface area contributed by atoms with Gasteiger partial charge in [-0.15, -0.1) is 11.3 Å². The first-order valence-electron chi connectivity index (χ1n) is 6.61. The summed E-state index contributed by atoms with van der Waals surface area (Å²) in [6, 6.07) is 2.06. The normalized spacial score (nSPS) is 17.4. The number of aliphatic hydroxyl groups is 1. The molecule has 1 fully saturated rings. The molecule has 1 N–H and O–H groups in total. The average Bonchev–Trinajstić information content (AvgIpc) is 2.87. The number of hydrogen-bond acceptors (Lipinski definition) is 3. The molecule has 1 aromatic rings. The minimum Gasteiger partial charge on any atom is -0.396 e. The zero-order valence-corrected chi connectivity index (χ0v) is 11.9. The van der Waals surface area contributed by atoms with Gasteiger partial charge in [0.1, 0.15) is 0 Å². The van der Waals surface area contributed by atoms with Crippen LogP contribution in [0.15, 0.2) is 11.4 Å². The Bertz CT molecular complexity index is 406. The number of carbonyl (C=O) groups excluding carboxylic acids is 1. The number of rotatable bonds is 3. The maximum Gasteiger partial charge on any atom is 0.264 e. The summed E-state index contributed by atoms with van der Waals surface area (Å²) < 4.78 is 0. The molecule has 3 nitrogen and oxygen atoms in total. The van der Waals surface area contributed by atoms with Crippen molar-refractivity contribution in [3.05, 3.63) is 21.9 Å². The van der Waals surface area contributed by atoms with E-state index in [4.69, 9.17) is 5.11 Å². The van der Waals surface area contributed by atoms with Crippen LogP contribution in [0.25, 0.3) is 0 Å². The first kappa shape index (κ1) is 13.6. The maximum atomic E-state index is 12.5. The Morgan fingerprint density at radius 2 is 2.17 bits per heavy atom. The smallest absolute Gasteiger partial charge is 0.264 e. The molecule has 0 radical (unpaired) electrons. The lowest BCUT2D eigenvalue weighted by atomic mass is 9.97. The van der Waals surface area contributed by atoms with Gasteiger partial charge in [0.2, 0.25) is 0 Å². The number of amides is 1. The third-order valence-corrected chi connectivity index (χ3v) is 4.59. The first-order chi connectivity index (χ1) is 8.63. The van der Waals surface area contributed by atoms with Crippen LogP contribution in [-0.2, 0) is 0 Å². The van der Waals surface area contributed by atoms with Crippen LogP contribution in [0.2, 0.25) is 0 Å². The summed E-state index contributed by atoms with van der Waals surface area (Å²) in [5, 5.41) is 11.1. The highest BCUT2D eigenvalue weighted by Gasteiger charge is 2.25. The fourth-order valence-electron chi connectivity index (χ4n) is 2.41. The molecule has 100 valence electrons. The van der Waals surface area contributed by atoms with Gasteiger partial charge in [0.25, 0.3) is 5.91 Å². The van der Waals surface area contributed by atoms with Crippen LogP contribution in [0.4, 0.5) is 0 Å². The second kappa shape index (κ2) is 5.85. The van der Waals surface area contributed by atoms with E-state index < -0.39 is 0 Å². The molecule has 0 bridgehead atoms. The Hall–Kier alpha value is -0.870. The van der Waals surface area contributed by atoms with E-state index in [1.165, 1.54) is 0 Å². The predicted octanol–water partition coefficient (Wildman–Crippen LogP) is 2.72. The van der Waals surface area contributed by atoms with Crippen molar-refractivity contribution >= 4 is 17.2 Å². The van der Waals surface area contributed by atoms with E-state index in [0.717, 1.165) is 36.4 Å². The highest BCUT2D eigenvalue weighted by molar-refractivity contribution is 7.12. The van der Waals surface area contributed by atoms with E-state index in [9.17, 15) is 4.79 Å². The largest absolute Gasteiger partial charge is 0.396 e. The SMILES string of the molecule is CC(C)c1ccsc1C(=O)N1CCC(CO)CC1. The molecule has 0 aromatic carbocycles. The molecule has 1 saturated heterocycles. The van der Waals surface area contributed by atoms with Crippen molar-refractivity contribution in [2.45, 2.75) is 32.6 Å². The lowest BCUT2D eigenvalue weighted by molar-refractivity contribution is 0.0654. The van der Waals surface area contributed by atoms with E-state index in [-0.39, 0.29) is 12.5 Å². The van der Waals surface area contributed by atoms with Gasteiger partial charge in [-0.1, -0.05) is 13.8 Å². The summed E-state index contributed by atoms with van der Waals surface area (Å²) in [6.45, 7) is 6.05. The van der Waals surface area contributed by atoms with Crippen LogP contribution in [0.1, 0.15) is 47.8 Å². The zero-order valence-electron chi connectivity index (χ0n) is 11.1. The quantitative estimate of drug-likeness (QED) is 0.914. The molecule has 1 amide bonds. The van der Waals surface area contributed by atoms with Gasteiger partial charge in [0.05, 0.1) is 4.88 Å².